The predicted octanol–water partition coefficient (Wildman–Crippen LogP) is 0.388. The maximum absolute atomic E-state index is 12.0. The fraction of sp³-hybridized carbons (Fsp3) is 0.231. The second-order valence-corrected chi connectivity index (χ2v) is 5.24. The van der Waals surface area contributed by atoms with E-state index in [1.165, 1.54) is 21.2 Å². The van der Waals surface area contributed by atoms with Crippen LogP contribution in [-0.4, -0.2) is 33.5 Å². The van der Waals surface area contributed by atoms with E-state index in [0.29, 0.717) is 5.69 Å². The normalized spacial score (nSPS) is 11.0. The van der Waals surface area contributed by atoms with Crippen molar-refractivity contribution in [1.82, 2.24) is 9.13 Å². The van der Waals surface area contributed by atoms with Gasteiger partial charge >= 0.3 is 11.7 Å². The molecule has 0 aliphatic rings. The van der Waals surface area contributed by atoms with Crippen LogP contribution in [0.2, 0.25) is 0 Å². The average molecular weight is 323 g/mol. The molecular weight excluding hydrogens is 310 g/mol. The van der Waals surface area contributed by atoms with Crippen molar-refractivity contribution < 1.29 is 14.6 Å². The highest BCUT2D eigenvalue weighted by Crippen LogP contribution is 2.26. The Morgan fingerprint density at radius 3 is 2.68 bits per heavy atom. The van der Waals surface area contributed by atoms with Crippen molar-refractivity contribution in [2.24, 2.45) is 19.1 Å². The van der Waals surface area contributed by atoms with Gasteiger partial charge in [-0.25, -0.2) is 9.59 Å². The van der Waals surface area contributed by atoms with Gasteiger partial charge in [-0.05, 0) is 11.4 Å². The van der Waals surface area contributed by atoms with E-state index in [1.54, 1.807) is 11.4 Å². The number of carbonyl (C=O) groups is 1. The van der Waals surface area contributed by atoms with E-state index in [4.69, 9.17) is 0 Å². The van der Waals surface area contributed by atoms with Crippen LogP contribution in [0.5, 0.6) is 5.88 Å². The summed E-state index contributed by atoms with van der Waals surface area (Å²) in [5.41, 5.74) is -1.16. The van der Waals surface area contributed by atoms with Crippen LogP contribution in [0.4, 0.5) is 5.69 Å². The third kappa shape index (κ3) is 2.58. The molecule has 0 aliphatic carbocycles. The van der Waals surface area contributed by atoms with Gasteiger partial charge < -0.3 is 9.84 Å². The van der Waals surface area contributed by atoms with E-state index in [2.05, 4.69) is 9.73 Å². The van der Waals surface area contributed by atoms with Crippen LogP contribution < -0.4 is 11.2 Å². The first-order valence-corrected chi connectivity index (χ1v) is 6.95. The summed E-state index contributed by atoms with van der Waals surface area (Å²) in [6.45, 7) is 0. The Morgan fingerprint density at radius 2 is 2.05 bits per heavy atom. The monoisotopic (exact) mass is 323 g/mol. The number of hydrogen-bond donors (Lipinski definition) is 1. The van der Waals surface area contributed by atoms with Crippen LogP contribution in [0.1, 0.15) is 15.2 Å². The van der Waals surface area contributed by atoms with Gasteiger partial charge in [0.15, 0.2) is 0 Å². The molecule has 1 N–H and O–H groups in total. The summed E-state index contributed by atoms with van der Waals surface area (Å²) in [5, 5.41) is 11.6. The Hall–Kier alpha value is -2.68. The van der Waals surface area contributed by atoms with E-state index in [9.17, 15) is 19.5 Å². The Morgan fingerprint density at radius 1 is 1.36 bits per heavy atom. The number of aromatic nitrogens is 2. The Labute approximate surface area is 128 Å². The molecule has 0 spiro atoms. The van der Waals surface area contributed by atoms with Crippen molar-refractivity contribution in [3.05, 3.63) is 42.7 Å². The number of esters is 1. The molecule has 2 heterocycles. The lowest BCUT2D eigenvalue weighted by Gasteiger charge is -2.06. The molecule has 0 aliphatic heterocycles. The van der Waals surface area contributed by atoms with Crippen LogP contribution in [0.15, 0.2) is 26.0 Å². The number of nitrogens with zero attached hydrogens (tertiary/aromatic N) is 3. The molecular formula is C13H13N3O5S. The molecule has 0 saturated carbocycles. The van der Waals surface area contributed by atoms with Crippen LogP contribution >= 0.6 is 11.3 Å². The van der Waals surface area contributed by atoms with Crippen molar-refractivity contribution in [2.75, 3.05) is 7.11 Å². The zero-order valence-electron chi connectivity index (χ0n) is 12.1. The van der Waals surface area contributed by atoms with Crippen molar-refractivity contribution >= 4 is 29.2 Å². The van der Waals surface area contributed by atoms with Gasteiger partial charge in [0.25, 0.3) is 5.56 Å². The molecule has 0 unspecified atom stereocenters. The minimum absolute atomic E-state index is 0.147. The lowest BCUT2D eigenvalue weighted by Crippen LogP contribution is -2.38. The predicted molar refractivity (Wildman–Crippen MR) is 81.5 cm³/mol. The Kier molecular flexibility index (Phi) is 4.27. The third-order valence-corrected chi connectivity index (χ3v) is 3.90. The van der Waals surface area contributed by atoms with Crippen molar-refractivity contribution in [3.8, 4) is 5.88 Å². The molecule has 9 heteroatoms. The number of rotatable bonds is 3. The summed E-state index contributed by atoms with van der Waals surface area (Å²) in [7, 11) is 3.88. The highest BCUT2D eigenvalue weighted by atomic mass is 32.1. The SMILES string of the molecule is COC(=O)c1sccc1N=Cc1c(O)n(C)c(=O)n(C)c1=O. The van der Waals surface area contributed by atoms with Gasteiger partial charge in [0, 0.05) is 20.3 Å². The van der Waals surface area contributed by atoms with Gasteiger partial charge in [0.2, 0.25) is 5.88 Å². The Bertz CT molecular complexity index is 875. The Balaban J connectivity index is 2.53. The smallest absolute Gasteiger partial charge is 0.350 e. The second kappa shape index (κ2) is 5.98. The standard InChI is InChI=1S/C13H13N3O5S/c1-15-10(17)7(11(18)16(2)13(15)20)6-14-8-4-5-22-9(8)12(19)21-3/h4-6,17H,1-3H3. The van der Waals surface area contributed by atoms with Gasteiger partial charge in [-0.15, -0.1) is 11.3 Å². The number of hydrogen-bond acceptors (Lipinski definition) is 7. The van der Waals surface area contributed by atoms with Crippen molar-refractivity contribution in [1.29, 1.82) is 0 Å². The maximum atomic E-state index is 12.0. The molecule has 0 radical (unpaired) electrons. The van der Waals surface area contributed by atoms with E-state index in [0.717, 1.165) is 26.7 Å². The first kappa shape index (κ1) is 15.7. The topological polar surface area (TPSA) is 103 Å². The van der Waals surface area contributed by atoms with Gasteiger partial charge in [-0.2, -0.15) is 0 Å². The molecule has 116 valence electrons. The molecule has 22 heavy (non-hydrogen) atoms. The summed E-state index contributed by atoms with van der Waals surface area (Å²) in [6.07, 6.45) is 1.12. The summed E-state index contributed by atoms with van der Waals surface area (Å²) < 4.78 is 6.41. The van der Waals surface area contributed by atoms with Gasteiger partial charge in [0.05, 0.1) is 12.8 Å². The lowest BCUT2D eigenvalue weighted by atomic mass is 10.3. The van der Waals surface area contributed by atoms with Gasteiger partial charge in [-0.1, -0.05) is 0 Å². The highest BCUT2D eigenvalue weighted by molar-refractivity contribution is 7.12. The number of ether oxygens (including phenoxy) is 1. The average Bonchev–Trinajstić information content (AvgIpc) is 2.98. The maximum Gasteiger partial charge on any atom is 0.350 e. The summed E-state index contributed by atoms with van der Waals surface area (Å²) >= 11 is 1.15. The van der Waals surface area contributed by atoms with Gasteiger partial charge in [0.1, 0.15) is 10.4 Å². The molecule has 0 aromatic carbocycles. The van der Waals surface area contributed by atoms with E-state index >= 15 is 0 Å². The van der Waals surface area contributed by atoms with Crippen molar-refractivity contribution in [2.45, 2.75) is 0 Å². The second-order valence-electron chi connectivity index (χ2n) is 4.33. The van der Waals surface area contributed by atoms with E-state index < -0.39 is 23.1 Å². The number of carbonyl (C=O) groups excluding carboxylic acids is 1. The molecule has 2 aromatic heterocycles. The molecule has 2 aromatic rings. The highest BCUT2D eigenvalue weighted by Gasteiger charge is 2.15. The van der Waals surface area contributed by atoms with E-state index in [-0.39, 0.29) is 10.4 Å². The quantitative estimate of drug-likeness (QED) is 0.650. The first-order chi connectivity index (χ1) is 10.4. The van der Waals surface area contributed by atoms with Crippen LogP contribution in [0.25, 0.3) is 0 Å². The fourth-order valence-electron chi connectivity index (χ4n) is 1.76. The van der Waals surface area contributed by atoms with Crippen LogP contribution in [-0.2, 0) is 18.8 Å². The minimum atomic E-state index is -0.681. The van der Waals surface area contributed by atoms with E-state index in [1.807, 2.05) is 0 Å². The molecule has 8 nitrogen and oxygen atoms in total. The number of methoxy groups -OCH3 is 1. The summed E-state index contributed by atoms with van der Waals surface area (Å²) in [5.74, 6) is -1.04. The number of aromatic hydroxyl groups is 1. The lowest BCUT2D eigenvalue weighted by molar-refractivity contribution is 0.0607. The van der Waals surface area contributed by atoms with Gasteiger partial charge in [-0.3, -0.25) is 18.9 Å². The third-order valence-electron chi connectivity index (χ3n) is 3.02. The minimum Gasteiger partial charge on any atom is -0.494 e. The molecule has 0 saturated heterocycles. The van der Waals surface area contributed by atoms with Crippen molar-refractivity contribution in [3.63, 3.8) is 0 Å². The molecule has 0 amide bonds. The van der Waals surface area contributed by atoms with Crippen LogP contribution in [0.3, 0.4) is 0 Å². The summed E-state index contributed by atoms with van der Waals surface area (Å²) in [6, 6.07) is 1.58. The fourth-order valence-corrected chi connectivity index (χ4v) is 2.51. The number of thiophene rings is 1. The largest absolute Gasteiger partial charge is 0.494 e. The molecule has 0 fully saturated rings. The zero-order chi connectivity index (χ0) is 16.4. The van der Waals surface area contributed by atoms with Crippen LogP contribution in [0, 0.1) is 0 Å². The molecule has 0 atom stereocenters. The molecule has 0 bridgehead atoms. The summed E-state index contributed by atoms with van der Waals surface area (Å²) in [4.78, 5) is 39.5. The zero-order valence-corrected chi connectivity index (χ0v) is 12.9. The molecule has 2 rings (SSSR count). The first-order valence-electron chi connectivity index (χ1n) is 6.07. The number of aliphatic imine (C=N–C) groups is 1.